The van der Waals surface area contributed by atoms with Crippen molar-refractivity contribution in [1.82, 2.24) is 14.5 Å². The Morgan fingerprint density at radius 3 is 2.40 bits per heavy atom. The molecular weight excluding hydrogens is 382 g/mol. The van der Waals surface area contributed by atoms with Gasteiger partial charge in [-0.3, -0.25) is 24.0 Å². The van der Waals surface area contributed by atoms with Crippen molar-refractivity contribution in [1.29, 1.82) is 0 Å². The number of amides is 1. The Hall–Kier alpha value is -2.87. The normalized spacial score (nSPS) is 19.6. The minimum absolute atomic E-state index is 0.00295. The molecule has 0 spiro atoms. The molecule has 162 valence electrons. The van der Waals surface area contributed by atoms with Crippen LogP contribution in [-0.4, -0.2) is 46.5 Å². The molecule has 3 rings (SSSR count). The average Bonchev–Trinajstić information content (AvgIpc) is 2.68. The van der Waals surface area contributed by atoms with Gasteiger partial charge in [0.2, 0.25) is 5.91 Å². The van der Waals surface area contributed by atoms with Crippen molar-refractivity contribution < 1.29 is 4.79 Å². The molecule has 2 heterocycles. The SMILES string of the molecule is CCN(C(=O)CN1CC(C)CC(C)C1)c1c(N)n(Cc2ccccc2)c(=O)[nH]c1=O. The maximum absolute atomic E-state index is 13.1. The van der Waals surface area contributed by atoms with Crippen LogP contribution in [0.1, 0.15) is 32.8 Å². The highest BCUT2D eigenvalue weighted by molar-refractivity contribution is 5.96. The van der Waals surface area contributed by atoms with Gasteiger partial charge in [0.05, 0.1) is 13.1 Å². The predicted molar refractivity (Wildman–Crippen MR) is 119 cm³/mol. The van der Waals surface area contributed by atoms with Crippen LogP contribution in [0.15, 0.2) is 39.9 Å². The van der Waals surface area contributed by atoms with Crippen molar-refractivity contribution in [2.45, 2.75) is 33.7 Å². The van der Waals surface area contributed by atoms with Crippen molar-refractivity contribution in [3.8, 4) is 0 Å². The van der Waals surface area contributed by atoms with E-state index in [1.807, 2.05) is 30.3 Å². The molecule has 3 N–H and O–H groups in total. The van der Waals surface area contributed by atoms with Crippen molar-refractivity contribution in [3.05, 3.63) is 56.7 Å². The number of carbonyl (C=O) groups excluding carboxylic acids is 1. The molecule has 0 bridgehead atoms. The lowest BCUT2D eigenvalue weighted by atomic mass is 9.92. The highest BCUT2D eigenvalue weighted by Crippen LogP contribution is 2.22. The third kappa shape index (κ3) is 4.81. The van der Waals surface area contributed by atoms with Gasteiger partial charge in [-0.2, -0.15) is 0 Å². The van der Waals surface area contributed by atoms with E-state index in [0.29, 0.717) is 11.8 Å². The molecule has 8 heteroatoms. The molecule has 1 aromatic carbocycles. The number of likely N-dealkylation sites (N-methyl/N-ethyl adjacent to an activating group) is 1. The van der Waals surface area contributed by atoms with Gasteiger partial charge in [0.1, 0.15) is 5.82 Å². The summed E-state index contributed by atoms with van der Waals surface area (Å²) < 4.78 is 1.30. The second-order valence-corrected chi connectivity index (χ2v) is 8.34. The molecule has 0 radical (unpaired) electrons. The summed E-state index contributed by atoms with van der Waals surface area (Å²) >= 11 is 0. The topological polar surface area (TPSA) is 104 Å². The third-order valence-electron chi connectivity index (χ3n) is 5.59. The fraction of sp³-hybridized carbons (Fsp3) is 0.500. The summed E-state index contributed by atoms with van der Waals surface area (Å²) in [5.74, 6) is 0.861. The number of nitrogen functional groups attached to an aromatic ring is 1. The van der Waals surface area contributed by atoms with Gasteiger partial charge in [-0.05, 0) is 30.7 Å². The maximum Gasteiger partial charge on any atom is 0.330 e. The predicted octanol–water partition coefficient (Wildman–Crippen LogP) is 1.50. The molecule has 1 aliphatic rings. The van der Waals surface area contributed by atoms with Crippen LogP contribution in [0.25, 0.3) is 0 Å². The lowest BCUT2D eigenvalue weighted by Crippen LogP contribution is -2.48. The summed E-state index contributed by atoms with van der Waals surface area (Å²) in [5.41, 5.74) is 5.94. The summed E-state index contributed by atoms with van der Waals surface area (Å²) in [6, 6.07) is 9.36. The fourth-order valence-corrected chi connectivity index (χ4v) is 4.42. The summed E-state index contributed by atoms with van der Waals surface area (Å²) in [6.07, 6.45) is 1.15. The molecule has 1 aromatic heterocycles. The van der Waals surface area contributed by atoms with Crippen LogP contribution in [-0.2, 0) is 11.3 Å². The highest BCUT2D eigenvalue weighted by atomic mass is 16.2. The highest BCUT2D eigenvalue weighted by Gasteiger charge is 2.28. The zero-order chi connectivity index (χ0) is 21.8. The Kier molecular flexibility index (Phi) is 6.77. The zero-order valence-corrected chi connectivity index (χ0v) is 17.9. The number of H-pyrrole nitrogens is 1. The molecule has 0 saturated carbocycles. The second kappa shape index (κ2) is 9.30. The minimum atomic E-state index is -0.641. The van der Waals surface area contributed by atoms with Gasteiger partial charge >= 0.3 is 5.69 Å². The first-order valence-corrected chi connectivity index (χ1v) is 10.5. The van der Waals surface area contributed by atoms with Crippen molar-refractivity contribution >= 4 is 17.4 Å². The molecular formula is C22H31N5O3. The molecule has 1 fully saturated rings. The van der Waals surface area contributed by atoms with Crippen LogP contribution in [0.3, 0.4) is 0 Å². The summed E-state index contributed by atoms with van der Waals surface area (Å²) in [7, 11) is 0. The van der Waals surface area contributed by atoms with Crippen LogP contribution < -0.4 is 21.9 Å². The number of benzene rings is 1. The smallest absolute Gasteiger partial charge is 0.330 e. The van der Waals surface area contributed by atoms with E-state index in [0.717, 1.165) is 25.1 Å². The lowest BCUT2D eigenvalue weighted by molar-refractivity contribution is -0.120. The van der Waals surface area contributed by atoms with E-state index < -0.39 is 11.2 Å². The number of aromatic amines is 1. The van der Waals surface area contributed by atoms with E-state index in [1.165, 1.54) is 9.47 Å². The van der Waals surface area contributed by atoms with E-state index in [9.17, 15) is 14.4 Å². The van der Waals surface area contributed by atoms with Gasteiger partial charge in [0.15, 0.2) is 5.69 Å². The standard InChI is InChI=1S/C22H31N5O3/c1-4-26(18(28)14-25-11-15(2)10-16(3)12-25)19-20(23)27(22(30)24-21(19)29)13-17-8-6-5-7-9-17/h5-9,15-16H,4,10-14,23H2,1-3H3,(H,24,29,30). The number of likely N-dealkylation sites (tertiary alicyclic amines) is 1. The Bertz CT molecular complexity index is 988. The molecule has 0 aliphatic carbocycles. The molecule has 2 atom stereocenters. The first-order chi connectivity index (χ1) is 14.3. The molecule has 1 saturated heterocycles. The number of nitrogens with zero attached hydrogens (tertiary/aromatic N) is 3. The Morgan fingerprint density at radius 1 is 1.17 bits per heavy atom. The van der Waals surface area contributed by atoms with Gasteiger partial charge in [-0.15, -0.1) is 0 Å². The first kappa shape index (κ1) is 21.8. The average molecular weight is 414 g/mol. The lowest BCUT2D eigenvalue weighted by Gasteiger charge is -2.35. The number of carbonyl (C=O) groups is 1. The summed E-state index contributed by atoms with van der Waals surface area (Å²) in [6.45, 7) is 8.60. The quantitative estimate of drug-likeness (QED) is 0.747. The van der Waals surface area contributed by atoms with Gasteiger partial charge in [-0.25, -0.2) is 4.79 Å². The largest absolute Gasteiger partial charge is 0.383 e. The van der Waals surface area contributed by atoms with Crippen LogP contribution in [0.2, 0.25) is 0 Å². The third-order valence-corrected chi connectivity index (χ3v) is 5.59. The molecule has 1 amide bonds. The number of anilines is 2. The van der Waals surface area contributed by atoms with Crippen LogP contribution >= 0.6 is 0 Å². The van der Waals surface area contributed by atoms with E-state index in [1.54, 1.807) is 6.92 Å². The van der Waals surface area contributed by atoms with E-state index >= 15 is 0 Å². The Balaban J connectivity index is 1.90. The van der Waals surface area contributed by atoms with Crippen LogP contribution in [0.5, 0.6) is 0 Å². The van der Waals surface area contributed by atoms with Crippen molar-refractivity contribution in [3.63, 3.8) is 0 Å². The zero-order valence-electron chi connectivity index (χ0n) is 17.9. The Labute approximate surface area is 176 Å². The summed E-state index contributed by atoms with van der Waals surface area (Å²) in [4.78, 5) is 44.0. The van der Waals surface area contributed by atoms with Gasteiger partial charge in [0, 0.05) is 19.6 Å². The van der Waals surface area contributed by atoms with Crippen LogP contribution in [0.4, 0.5) is 11.5 Å². The number of rotatable bonds is 6. The van der Waals surface area contributed by atoms with Gasteiger partial charge in [0.25, 0.3) is 5.56 Å². The maximum atomic E-state index is 13.1. The number of piperidine rings is 1. The molecule has 8 nitrogen and oxygen atoms in total. The van der Waals surface area contributed by atoms with E-state index in [4.69, 9.17) is 5.73 Å². The van der Waals surface area contributed by atoms with Gasteiger partial charge < -0.3 is 10.6 Å². The van der Waals surface area contributed by atoms with Gasteiger partial charge in [-0.1, -0.05) is 44.2 Å². The van der Waals surface area contributed by atoms with Crippen molar-refractivity contribution in [2.75, 3.05) is 36.8 Å². The fourth-order valence-electron chi connectivity index (χ4n) is 4.42. The Morgan fingerprint density at radius 2 is 1.80 bits per heavy atom. The van der Waals surface area contributed by atoms with E-state index in [2.05, 4.69) is 23.7 Å². The van der Waals surface area contributed by atoms with E-state index in [-0.39, 0.29) is 37.0 Å². The molecule has 1 aliphatic heterocycles. The molecule has 2 unspecified atom stereocenters. The van der Waals surface area contributed by atoms with Crippen molar-refractivity contribution in [2.24, 2.45) is 11.8 Å². The summed E-state index contributed by atoms with van der Waals surface area (Å²) in [5, 5.41) is 0. The number of nitrogens with two attached hydrogens (primary N) is 1. The molecule has 30 heavy (non-hydrogen) atoms. The first-order valence-electron chi connectivity index (χ1n) is 10.5. The second-order valence-electron chi connectivity index (χ2n) is 8.34. The number of nitrogens with one attached hydrogen (secondary N) is 1. The minimum Gasteiger partial charge on any atom is -0.383 e. The number of hydrogen-bond donors (Lipinski definition) is 2. The monoisotopic (exact) mass is 413 g/mol. The number of hydrogen-bond acceptors (Lipinski definition) is 5. The molecule has 2 aromatic rings. The van der Waals surface area contributed by atoms with Crippen LogP contribution in [0, 0.1) is 11.8 Å². The number of aromatic nitrogens is 2.